The smallest absolute Gasteiger partial charge is 0.287 e. The van der Waals surface area contributed by atoms with Gasteiger partial charge in [0.15, 0.2) is 11.6 Å². The zero-order chi connectivity index (χ0) is 25.8. The highest BCUT2D eigenvalue weighted by atomic mass is 32.2. The maximum absolute atomic E-state index is 13.9. The number of benzene rings is 1. The summed E-state index contributed by atoms with van der Waals surface area (Å²) >= 11 is 1.05. The molecular formula is C23H27N3O6S3. The molecule has 1 aromatic heterocycles. The summed E-state index contributed by atoms with van der Waals surface area (Å²) < 4.78 is 55.4. The van der Waals surface area contributed by atoms with E-state index >= 15 is 0 Å². The van der Waals surface area contributed by atoms with E-state index in [-0.39, 0.29) is 39.2 Å². The number of ketones is 1. The molecule has 0 radical (unpaired) electrons. The Labute approximate surface area is 209 Å². The molecule has 35 heavy (non-hydrogen) atoms. The quantitative estimate of drug-likeness (QED) is 0.490. The van der Waals surface area contributed by atoms with Crippen molar-refractivity contribution in [1.29, 1.82) is 0 Å². The lowest BCUT2D eigenvalue weighted by Gasteiger charge is -2.36. The number of hydrogen-bond donors (Lipinski definition) is 3. The van der Waals surface area contributed by atoms with Gasteiger partial charge in [0.1, 0.15) is 21.2 Å². The van der Waals surface area contributed by atoms with Gasteiger partial charge in [-0.25, -0.2) is 13.1 Å². The Morgan fingerprint density at radius 2 is 1.94 bits per heavy atom. The Kier molecular flexibility index (Phi) is 6.45. The summed E-state index contributed by atoms with van der Waals surface area (Å²) in [7, 11) is -7.82. The van der Waals surface area contributed by atoms with Crippen LogP contribution in [0.4, 0.5) is 5.00 Å². The third kappa shape index (κ3) is 4.67. The zero-order valence-corrected chi connectivity index (χ0v) is 22.2. The number of amidine groups is 1. The number of thiophene rings is 1. The average Bonchev–Trinajstić information content (AvgIpc) is 3.18. The highest BCUT2D eigenvalue weighted by molar-refractivity contribution is 7.91. The summed E-state index contributed by atoms with van der Waals surface area (Å²) in [4.78, 5) is 13.7. The zero-order valence-electron chi connectivity index (χ0n) is 19.7. The molecule has 1 aliphatic carbocycles. The molecule has 188 valence electrons. The lowest BCUT2D eigenvalue weighted by molar-refractivity contribution is -0.120. The van der Waals surface area contributed by atoms with Gasteiger partial charge < -0.3 is 10.4 Å². The van der Waals surface area contributed by atoms with E-state index in [1.807, 2.05) is 19.1 Å². The number of carbonyl (C=O) groups is 1. The number of aliphatic hydroxyl groups excluding tert-OH is 1. The number of nitrogens with zero attached hydrogens (tertiary/aromatic N) is 1. The standard InChI is InChI=1S/C23H27N3O6S3/c1-13(2)9-10-23(3)16-8-6-5-7-15(16)18(27)17(20(23)28)21-25-22-19(35(31,32)26-21)14(12-33-22)11-24-34(4,29)30/h5-8,12-13,24,27H,9-11H2,1-4H3,(H,25,26)/t23-/m0/s1. The van der Waals surface area contributed by atoms with Gasteiger partial charge in [-0.1, -0.05) is 38.1 Å². The summed E-state index contributed by atoms with van der Waals surface area (Å²) in [5.74, 6) is -0.634. The van der Waals surface area contributed by atoms with Crippen molar-refractivity contribution < 1.29 is 26.7 Å². The predicted molar refractivity (Wildman–Crippen MR) is 137 cm³/mol. The lowest BCUT2D eigenvalue weighted by Crippen LogP contribution is -2.42. The van der Waals surface area contributed by atoms with Crippen molar-refractivity contribution in [2.75, 3.05) is 11.6 Å². The fraction of sp³-hybridized carbons (Fsp3) is 0.391. The number of sulfonamides is 2. The van der Waals surface area contributed by atoms with E-state index in [2.05, 4.69) is 28.3 Å². The molecule has 0 spiro atoms. The van der Waals surface area contributed by atoms with Crippen molar-refractivity contribution in [2.24, 2.45) is 10.3 Å². The van der Waals surface area contributed by atoms with Crippen LogP contribution >= 0.6 is 11.3 Å². The first-order valence-corrected chi connectivity index (χ1v) is 15.2. The highest BCUT2D eigenvalue weighted by Gasteiger charge is 2.46. The molecule has 3 N–H and O–H groups in total. The molecule has 9 nitrogen and oxygen atoms in total. The van der Waals surface area contributed by atoms with Gasteiger partial charge in [0.05, 0.1) is 11.7 Å². The third-order valence-corrected chi connectivity index (χ3v) is 9.39. The summed E-state index contributed by atoms with van der Waals surface area (Å²) in [5, 5.41) is 15.8. The number of carbonyl (C=O) groups excluding carboxylic acids is 1. The Bertz CT molecular complexity index is 1490. The molecule has 1 aliphatic heterocycles. The molecule has 12 heteroatoms. The number of hydrogen-bond acceptors (Lipinski definition) is 8. The molecule has 4 rings (SSSR count). The fourth-order valence-corrected chi connectivity index (χ4v) is 7.37. The van der Waals surface area contributed by atoms with E-state index < -0.39 is 31.2 Å². The number of Topliss-reactive ketones (excluding diaryl/α,β-unsaturated/α-hetero) is 1. The second kappa shape index (κ2) is 8.84. The molecule has 0 unspecified atom stereocenters. The number of fused-ring (bicyclic) bond motifs is 2. The SMILES string of the molecule is CC(C)CC[C@]1(C)C(=O)C(C2=NS(=O)(=O)c3c(CNS(C)(=O)=O)csc3N2)=C(O)c2ccccc21. The maximum atomic E-state index is 13.9. The van der Waals surface area contributed by atoms with Gasteiger partial charge in [0.2, 0.25) is 10.0 Å². The van der Waals surface area contributed by atoms with Crippen LogP contribution in [-0.4, -0.2) is 39.8 Å². The molecule has 0 saturated heterocycles. The van der Waals surface area contributed by atoms with Crippen LogP contribution in [0.15, 0.2) is 44.5 Å². The second-order valence-electron chi connectivity index (χ2n) is 9.42. The molecule has 2 aliphatic rings. The summed E-state index contributed by atoms with van der Waals surface area (Å²) in [6.45, 7) is 5.71. The Morgan fingerprint density at radius 1 is 1.26 bits per heavy atom. The van der Waals surface area contributed by atoms with Crippen molar-refractivity contribution in [3.05, 3.63) is 51.9 Å². The van der Waals surface area contributed by atoms with Gasteiger partial charge in [0.25, 0.3) is 10.0 Å². The van der Waals surface area contributed by atoms with Crippen LogP contribution in [0.25, 0.3) is 5.76 Å². The Balaban J connectivity index is 1.81. The van der Waals surface area contributed by atoms with Gasteiger partial charge in [-0.05, 0) is 36.6 Å². The molecule has 0 fully saturated rings. The number of aliphatic hydroxyl groups is 1. The van der Waals surface area contributed by atoms with Crippen molar-refractivity contribution in [2.45, 2.75) is 50.5 Å². The molecule has 1 atom stereocenters. The van der Waals surface area contributed by atoms with Gasteiger partial charge in [0, 0.05) is 17.7 Å². The van der Waals surface area contributed by atoms with Crippen LogP contribution < -0.4 is 10.0 Å². The first kappa shape index (κ1) is 25.5. The number of anilines is 1. The van der Waals surface area contributed by atoms with Crippen LogP contribution in [0.2, 0.25) is 0 Å². The van der Waals surface area contributed by atoms with Gasteiger partial charge in [-0.3, -0.25) is 4.79 Å². The van der Waals surface area contributed by atoms with Crippen LogP contribution in [0, 0.1) is 5.92 Å². The normalized spacial score (nSPS) is 21.4. The van der Waals surface area contributed by atoms with E-state index in [9.17, 15) is 26.7 Å². The summed E-state index contributed by atoms with van der Waals surface area (Å²) in [6, 6.07) is 7.07. The predicted octanol–water partition coefficient (Wildman–Crippen LogP) is 3.56. The summed E-state index contributed by atoms with van der Waals surface area (Å²) in [5.41, 5.74) is 0.248. The van der Waals surface area contributed by atoms with E-state index in [1.54, 1.807) is 12.1 Å². The second-order valence-corrected chi connectivity index (χ2v) is 13.7. The number of nitrogens with one attached hydrogen (secondary N) is 2. The van der Waals surface area contributed by atoms with Crippen molar-refractivity contribution in [3.63, 3.8) is 0 Å². The van der Waals surface area contributed by atoms with Crippen molar-refractivity contribution >= 4 is 53.8 Å². The minimum atomic E-state index is -4.28. The van der Waals surface area contributed by atoms with E-state index in [0.29, 0.717) is 23.5 Å². The van der Waals surface area contributed by atoms with Crippen molar-refractivity contribution in [3.8, 4) is 0 Å². The Morgan fingerprint density at radius 3 is 2.60 bits per heavy atom. The van der Waals surface area contributed by atoms with E-state index in [0.717, 1.165) is 24.0 Å². The largest absolute Gasteiger partial charge is 0.506 e. The molecule has 0 bridgehead atoms. The van der Waals surface area contributed by atoms with Crippen LogP contribution in [0.1, 0.15) is 50.3 Å². The van der Waals surface area contributed by atoms with Gasteiger partial charge >= 0.3 is 0 Å². The minimum Gasteiger partial charge on any atom is -0.506 e. The monoisotopic (exact) mass is 537 g/mol. The average molecular weight is 538 g/mol. The van der Waals surface area contributed by atoms with Crippen LogP contribution in [0.5, 0.6) is 0 Å². The molecule has 2 heterocycles. The molecule has 2 aromatic rings. The first-order chi connectivity index (χ1) is 16.2. The third-order valence-electron chi connectivity index (χ3n) is 6.24. The molecule has 0 saturated carbocycles. The molecular weight excluding hydrogens is 510 g/mol. The molecule has 1 aromatic carbocycles. The molecule has 0 amide bonds. The first-order valence-electron chi connectivity index (χ1n) is 11.0. The highest BCUT2D eigenvalue weighted by Crippen LogP contribution is 2.45. The Hall–Kier alpha value is -2.54. The van der Waals surface area contributed by atoms with Gasteiger partial charge in [-0.15, -0.1) is 15.7 Å². The lowest BCUT2D eigenvalue weighted by atomic mass is 9.66. The summed E-state index contributed by atoms with van der Waals surface area (Å²) in [6.07, 6.45) is 2.25. The maximum Gasteiger partial charge on any atom is 0.287 e. The topological polar surface area (TPSA) is 142 Å². The van der Waals surface area contributed by atoms with E-state index in [1.165, 1.54) is 5.38 Å². The van der Waals surface area contributed by atoms with Crippen molar-refractivity contribution in [1.82, 2.24) is 4.72 Å². The van der Waals surface area contributed by atoms with Crippen LogP contribution in [0.3, 0.4) is 0 Å². The number of rotatable bonds is 7. The van der Waals surface area contributed by atoms with E-state index in [4.69, 9.17) is 0 Å². The minimum absolute atomic E-state index is 0.145. The fourth-order valence-electron chi connectivity index (χ4n) is 4.34. The van der Waals surface area contributed by atoms with Gasteiger partial charge in [-0.2, -0.15) is 8.42 Å². The van der Waals surface area contributed by atoms with Crippen LogP contribution in [-0.2, 0) is 36.8 Å².